The molecule has 5 nitrogen and oxygen atoms in total. The zero-order valence-electron chi connectivity index (χ0n) is 16.9. The molecule has 27 heavy (non-hydrogen) atoms. The predicted octanol–water partition coefficient (Wildman–Crippen LogP) is 3.35. The molecule has 1 aromatic heterocycles. The molecule has 146 valence electrons. The van der Waals surface area contributed by atoms with Crippen molar-refractivity contribution in [1.82, 2.24) is 20.0 Å². The second kappa shape index (κ2) is 8.26. The SMILES string of the molecule is CC1CC(C)CN(C(C)(C)CNC(=O)C(c2ccccc2)n2cccn2)C1. The number of benzene rings is 1. The van der Waals surface area contributed by atoms with Crippen molar-refractivity contribution < 1.29 is 4.79 Å². The van der Waals surface area contributed by atoms with Gasteiger partial charge in [0.2, 0.25) is 5.91 Å². The normalized spacial score (nSPS) is 22.4. The van der Waals surface area contributed by atoms with Crippen molar-refractivity contribution in [2.24, 2.45) is 11.8 Å². The minimum atomic E-state index is -0.448. The number of carbonyl (C=O) groups excluding carboxylic acids is 1. The molecule has 3 atom stereocenters. The summed E-state index contributed by atoms with van der Waals surface area (Å²) in [4.78, 5) is 15.6. The molecule has 0 aliphatic carbocycles. The first-order chi connectivity index (χ1) is 12.9. The van der Waals surface area contributed by atoms with Crippen LogP contribution in [0.5, 0.6) is 0 Å². The number of rotatable bonds is 6. The number of nitrogens with one attached hydrogen (secondary N) is 1. The lowest BCUT2D eigenvalue weighted by molar-refractivity contribution is -0.124. The first-order valence-corrected chi connectivity index (χ1v) is 9.93. The number of amides is 1. The first-order valence-electron chi connectivity index (χ1n) is 9.93. The largest absolute Gasteiger partial charge is 0.352 e. The van der Waals surface area contributed by atoms with E-state index in [2.05, 4.69) is 43.0 Å². The van der Waals surface area contributed by atoms with Gasteiger partial charge < -0.3 is 5.32 Å². The molecule has 0 spiro atoms. The van der Waals surface area contributed by atoms with Crippen LogP contribution in [0.1, 0.15) is 45.7 Å². The summed E-state index contributed by atoms with van der Waals surface area (Å²) in [7, 11) is 0. The van der Waals surface area contributed by atoms with Crippen LogP contribution in [-0.4, -0.2) is 45.8 Å². The average molecular weight is 369 g/mol. The Balaban J connectivity index is 1.71. The molecule has 0 bridgehead atoms. The van der Waals surface area contributed by atoms with Crippen LogP contribution in [0.3, 0.4) is 0 Å². The van der Waals surface area contributed by atoms with E-state index < -0.39 is 6.04 Å². The van der Waals surface area contributed by atoms with Gasteiger partial charge >= 0.3 is 0 Å². The minimum Gasteiger partial charge on any atom is -0.352 e. The van der Waals surface area contributed by atoms with E-state index in [0.29, 0.717) is 18.4 Å². The molecule has 1 fully saturated rings. The summed E-state index contributed by atoms with van der Waals surface area (Å²) in [6.07, 6.45) is 4.84. The lowest BCUT2D eigenvalue weighted by Crippen LogP contribution is -2.56. The Morgan fingerprint density at radius 3 is 2.44 bits per heavy atom. The van der Waals surface area contributed by atoms with E-state index in [1.165, 1.54) is 6.42 Å². The summed E-state index contributed by atoms with van der Waals surface area (Å²) >= 11 is 0. The lowest BCUT2D eigenvalue weighted by Gasteiger charge is -2.45. The average Bonchev–Trinajstić information content (AvgIpc) is 3.14. The van der Waals surface area contributed by atoms with Crippen molar-refractivity contribution in [3.8, 4) is 0 Å². The van der Waals surface area contributed by atoms with Crippen molar-refractivity contribution in [3.05, 3.63) is 54.4 Å². The summed E-state index contributed by atoms with van der Waals surface area (Å²) in [5, 5.41) is 7.51. The Morgan fingerprint density at radius 1 is 1.19 bits per heavy atom. The highest BCUT2D eigenvalue weighted by Gasteiger charge is 2.34. The molecule has 0 radical (unpaired) electrons. The molecule has 0 saturated carbocycles. The van der Waals surface area contributed by atoms with Crippen LogP contribution in [0.2, 0.25) is 0 Å². The van der Waals surface area contributed by atoms with E-state index in [9.17, 15) is 4.79 Å². The fourth-order valence-corrected chi connectivity index (χ4v) is 4.16. The van der Waals surface area contributed by atoms with Gasteiger partial charge in [-0.15, -0.1) is 0 Å². The smallest absolute Gasteiger partial charge is 0.249 e. The molecule has 1 N–H and O–H groups in total. The van der Waals surface area contributed by atoms with Crippen molar-refractivity contribution in [3.63, 3.8) is 0 Å². The number of hydrogen-bond acceptors (Lipinski definition) is 3. The maximum Gasteiger partial charge on any atom is 0.249 e. The van der Waals surface area contributed by atoms with E-state index in [1.807, 2.05) is 42.6 Å². The summed E-state index contributed by atoms with van der Waals surface area (Å²) in [5.74, 6) is 1.38. The Kier molecular flexibility index (Phi) is 6.00. The maximum absolute atomic E-state index is 13.1. The van der Waals surface area contributed by atoms with Crippen molar-refractivity contribution in [1.29, 1.82) is 0 Å². The summed E-state index contributed by atoms with van der Waals surface area (Å²) in [6.45, 7) is 11.9. The van der Waals surface area contributed by atoms with E-state index in [1.54, 1.807) is 10.9 Å². The molecule has 2 heterocycles. The fourth-order valence-electron chi connectivity index (χ4n) is 4.16. The van der Waals surface area contributed by atoms with Gasteiger partial charge in [-0.05, 0) is 43.7 Å². The number of hydrogen-bond donors (Lipinski definition) is 1. The zero-order chi connectivity index (χ0) is 19.4. The summed E-state index contributed by atoms with van der Waals surface area (Å²) < 4.78 is 1.72. The van der Waals surface area contributed by atoms with Gasteiger partial charge in [-0.25, -0.2) is 0 Å². The van der Waals surface area contributed by atoms with Crippen molar-refractivity contribution in [2.45, 2.75) is 45.7 Å². The molecule has 1 amide bonds. The molecule has 5 heteroatoms. The summed E-state index contributed by atoms with van der Waals surface area (Å²) in [6, 6.07) is 11.2. The molecular weight excluding hydrogens is 336 g/mol. The molecular formula is C22H32N4O. The van der Waals surface area contributed by atoms with Gasteiger partial charge in [0, 0.05) is 37.6 Å². The molecule has 1 aliphatic rings. The highest BCUT2D eigenvalue weighted by atomic mass is 16.2. The van der Waals surface area contributed by atoms with Crippen LogP contribution in [-0.2, 0) is 4.79 Å². The third kappa shape index (κ3) is 4.78. The lowest BCUT2D eigenvalue weighted by atomic mass is 9.88. The molecule has 3 rings (SSSR count). The molecule has 1 aromatic carbocycles. The van der Waals surface area contributed by atoms with Crippen molar-refractivity contribution >= 4 is 5.91 Å². The van der Waals surface area contributed by atoms with Gasteiger partial charge in [0.1, 0.15) is 0 Å². The van der Waals surface area contributed by atoms with Gasteiger partial charge in [-0.1, -0.05) is 44.2 Å². The number of nitrogens with zero attached hydrogens (tertiary/aromatic N) is 3. The first kappa shape index (κ1) is 19.6. The molecule has 1 aliphatic heterocycles. The molecule has 1 saturated heterocycles. The maximum atomic E-state index is 13.1. The fraction of sp³-hybridized carbons (Fsp3) is 0.545. The predicted molar refractivity (Wildman–Crippen MR) is 108 cm³/mol. The highest BCUT2D eigenvalue weighted by Crippen LogP contribution is 2.27. The van der Waals surface area contributed by atoms with Crippen molar-refractivity contribution in [2.75, 3.05) is 19.6 Å². The van der Waals surface area contributed by atoms with E-state index in [4.69, 9.17) is 0 Å². The third-order valence-electron chi connectivity index (χ3n) is 5.57. The number of likely N-dealkylation sites (tertiary alicyclic amines) is 1. The minimum absolute atomic E-state index is 0.0175. The Morgan fingerprint density at radius 2 is 1.85 bits per heavy atom. The van der Waals surface area contributed by atoms with E-state index >= 15 is 0 Å². The van der Waals surface area contributed by atoms with Crippen LogP contribution in [0, 0.1) is 11.8 Å². The second-order valence-corrected chi connectivity index (χ2v) is 8.68. The second-order valence-electron chi connectivity index (χ2n) is 8.68. The highest BCUT2D eigenvalue weighted by molar-refractivity contribution is 5.83. The van der Waals surface area contributed by atoms with Crippen LogP contribution in [0.15, 0.2) is 48.8 Å². The van der Waals surface area contributed by atoms with E-state index in [-0.39, 0.29) is 11.4 Å². The van der Waals surface area contributed by atoms with E-state index in [0.717, 1.165) is 18.7 Å². The number of piperidine rings is 1. The standard InChI is InChI=1S/C22H32N4O/c1-17-13-18(2)15-25(14-17)22(3,4)16-23-21(27)20(26-12-8-11-24-26)19-9-6-5-7-10-19/h5-12,17-18,20H,13-16H2,1-4H3,(H,23,27). The van der Waals surface area contributed by atoms with Gasteiger partial charge in [0.05, 0.1) is 0 Å². The van der Waals surface area contributed by atoms with Crippen LogP contribution >= 0.6 is 0 Å². The topological polar surface area (TPSA) is 50.2 Å². The quantitative estimate of drug-likeness (QED) is 0.851. The van der Waals surface area contributed by atoms with Gasteiger partial charge in [0.25, 0.3) is 0 Å². The number of aromatic nitrogens is 2. The van der Waals surface area contributed by atoms with Crippen LogP contribution in [0.4, 0.5) is 0 Å². The molecule has 2 aromatic rings. The number of carbonyl (C=O) groups is 1. The van der Waals surface area contributed by atoms with Gasteiger partial charge in [-0.3, -0.25) is 14.4 Å². The monoisotopic (exact) mass is 368 g/mol. The zero-order valence-corrected chi connectivity index (χ0v) is 16.9. The Bertz CT molecular complexity index is 716. The molecule has 3 unspecified atom stereocenters. The van der Waals surface area contributed by atoms with Crippen LogP contribution < -0.4 is 5.32 Å². The Labute approximate surface area is 162 Å². The van der Waals surface area contributed by atoms with Gasteiger partial charge in [-0.2, -0.15) is 5.10 Å². The summed E-state index contributed by atoms with van der Waals surface area (Å²) in [5.41, 5.74) is 0.862. The van der Waals surface area contributed by atoms with Gasteiger partial charge in [0.15, 0.2) is 6.04 Å². The Hall–Kier alpha value is -2.14. The third-order valence-corrected chi connectivity index (χ3v) is 5.57. The van der Waals surface area contributed by atoms with Crippen LogP contribution in [0.25, 0.3) is 0 Å².